The second kappa shape index (κ2) is 6.66. The first-order chi connectivity index (χ1) is 8.25. The number of hydrogen-bond donors (Lipinski definition) is 2. The molecular formula is C13H19BrN2S. The Kier molecular flexibility index (Phi) is 5.19. The van der Waals surface area contributed by atoms with Crippen molar-refractivity contribution in [1.29, 1.82) is 0 Å². The number of hydrogen-bond acceptors (Lipinski definition) is 3. The van der Waals surface area contributed by atoms with Gasteiger partial charge in [0.2, 0.25) is 0 Å². The monoisotopic (exact) mass is 314 g/mol. The van der Waals surface area contributed by atoms with E-state index in [1.807, 2.05) is 23.9 Å². The number of nitrogens with two attached hydrogens (primary N) is 1. The SMILES string of the molecule is Nc1ccc(Br)cc1SCCC1CCNCC1. The molecule has 1 aliphatic heterocycles. The highest BCUT2D eigenvalue weighted by molar-refractivity contribution is 9.10. The van der Waals surface area contributed by atoms with Gasteiger partial charge < -0.3 is 11.1 Å². The molecule has 1 heterocycles. The lowest BCUT2D eigenvalue weighted by molar-refractivity contribution is 0.367. The third-order valence-electron chi connectivity index (χ3n) is 3.22. The van der Waals surface area contributed by atoms with Crippen LogP contribution in [0, 0.1) is 5.92 Å². The van der Waals surface area contributed by atoms with Gasteiger partial charge in [-0.25, -0.2) is 0 Å². The summed E-state index contributed by atoms with van der Waals surface area (Å²) in [6.07, 6.45) is 3.96. The third-order valence-corrected chi connectivity index (χ3v) is 4.82. The van der Waals surface area contributed by atoms with Crippen molar-refractivity contribution in [3.8, 4) is 0 Å². The van der Waals surface area contributed by atoms with Gasteiger partial charge in [-0.2, -0.15) is 0 Å². The van der Waals surface area contributed by atoms with Gasteiger partial charge in [-0.1, -0.05) is 15.9 Å². The van der Waals surface area contributed by atoms with Gasteiger partial charge in [0, 0.05) is 15.1 Å². The summed E-state index contributed by atoms with van der Waals surface area (Å²) in [6.45, 7) is 2.38. The number of piperidine rings is 1. The normalized spacial score (nSPS) is 17.2. The quantitative estimate of drug-likeness (QED) is 0.659. The molecule has 0 radical (unpaired) electrons. The maximum Gasteiger partial charge on any atom is 0.0453 e. The molecule has 0 aromatic heterocycles. The minimum Gasteiger partial charge on any atom is -0.398 e. The Labute approximate surface area is 116 Å². The van der Waals surface area contributed by atoms with Gasteiger partial charge >= 0.3 is 0 Å². The molecule has 0 amide bonds. The van der Waals surface area contributed by atoms with E-state index in [9.17, 15) is 0 Å². The minimum atomic E-state index is 0.892. The minimum absolute atomic E-state index is 0.892. The molecular weight excluding hydrogens is 296 g/mol. The van der Waals surface area contributed by atoms with Crippen molar-refractivity contribution in [1.82, 2.24) is 5.32 Å². The van der Waals surface area contributed by atoms with Gasteiger partial charge in [-0.05, 0) is 62.2 Å². The molecule has 0 atom stereocenters. The lowest BCUT2D eigenvalue weighted by Gasteiger charge is -2.22. The predicted octanol–water partition coefficient (Wildman–Crippen LogP) is 3.51. The van der Waals surface area contributed by atoms with Gasteiger partial charge in [0.15, 0.2) is 0 Å². The lowest BCUT2D eigenvalue weighted by atomic mass is 9.96. The highest BCUT2D eigenvalue weighted by atomic mass is 79.9. The molecule has 3 N–H and O–H groups in total. The second-order valence-electron chi connectivity index (χ2n) is 4.51. The van der Waals surface area contributed by atoms with Crippen molar-refractivity contribution >= 4 is 33.4 Å². The largest absolute Gasteiger partial charge is 0.398 e. The van der Waals surface area contributed by atoms with Crippen LogP contribution in [0.3, 0.4) is 0 Å². The Hall–Kier alpha value is -0.190. The van der Waals surface area contributed by atoms with Crippen LogP contribution in [0.5, 0.6) is 0 Å². The fourth-order valence-corrected chi connectivity index (χ4v) is 3.77. The van der Waals surface area contributed by atoms with Crippen molar-refractivity contribution in [2.75, 3.05) is 24.6 Å². The van der Waals surface area contributed by atoms with Crippen LogP contribution in [0.15, 0.2) is 27.6 Å². The first-order valence-corrected chi connectivity index (χ1v) is 7.92. The molecule has 1 fully saturated rings. The fraction of sp³-hybridized carbons (Fsp3) is 0.538. The van der Waals surface area contributed by atoms with Crippen LogP contribution in [-0.4, -0.2) is 18.8 Å². The number of nitrogens with one attached hydrogen (secondary N) is 1. The Morgan fingerprint density at radius 1 is 1.35 bits per heavy atom. The topological polar surface area (TPSA) is 38.0 Å². The summed E-state index contributed by atoms with van der Waals surface area (Å²) in [5.74, 6) is 2.07. The van der Waals surface area contributed by atoms with E-state index in [1.165, 1.54) is 43.0 Å². The van der Waals surface area contributed by atoms with E-state index in [0.717, 1.165) is 16.1 Å². The second-order valence-corrected chi connectivity index (χ2v) is 6.57. The predicted molar refractivity (Wildman–Crippen MR) is 79.5 cm³/mol. The lowest BCUT2D eigenvalue weighted by Crippen LogP contribution is -2.27. The zero-order valence-electron chi connectivity index (χ0n) is 9.92. The average molecular weight is 315 g/mol. The van der Waals surface area contributed by atoms with Crippen LogP contribution in [0.25, 0.3) is 0 Å². The van der Waals surface area contributed by atoms with E-state index < -0.39 is 0 Å². The maximum absolute atomic E-state index is 5.96. The maximum atomic E-state index is 5.96. The Balaban J connectivity index is 1.79. The van der Waals surface area contributed by atoms with Crippen LogP contribution >= 0.6 is 27.7 Å². The number of benzene rings is 1. The number of halogens is 1. The molecule has 17 heavy (non-hydrogen) atoms. The van der Waals surface area contributed by atoms with E-state index in [4.69, 9.17) is 5.73 Å². The zero-order chi connectivity index (χ0) is 12.1. The van der Waals surface area contributed by atoms with Gasteiger partial charge in [-0.3, -0.25) is 0 Å². The molecule has 1 aromatic carbocycles. The summed E-state index contributed by atoms with van der Waals surface area (Å²) < 4.78 is 1.11. The fourth-order valence-electron chi connectivity index (χ4n) is 2.14. The van der Waals surface area contributed by atoms with Crippen molar-refractivity contribution in [2.24, 2.45) is 5.92 Å². The summed E-state index contributed by atoms with van der Waals surface area (Å²) in [5.41, 5.74) is 6.85. The molecule has 94 valence electrons. The van der Waals surface area contributed by atoms with Crippen LogP contribution < -0.4 is 11.1 Å². The molecule has 1 aromatic rings. The van der Waals surface area contributed by atoms with Crippen LogP contribution in [0.4, 0.5) is 5.69 Å². The van der Waals surface area contributed by atoms with Gasteiger partial charge in [0.1, 0.15) is 0 Å². The Morgan fingerprint density at radius 2 is 2.12 bits per heavy atom. The van der Waals surface area contributed by atoms with Gasteiger partial charge in [0.05, 0.1) is 0 Å². The van der Waals surface area contributed by atoms with E-state index in [0.29, 0.717) is 0 Å². The molecule has 0 unspecified atom stereocenters. The summed E-state index contributed by atoms with van der Waals surface area (Å²) >= 11 is 5.37. The van der Waals surface area contributed by atoms with Crippen LogP contribution in [-0.2, 0) is 0 Å². The molecule has 1 saturated heterocycles. The standard InChI is InChI=1S/C13H19BrN2S/c14-11-1-2-12(15)13(9-11)17-8-5-10-3-6-16-7-4-10/h1-2,9-10,16H,3-8,15H2. The smallest absolute Gasteiger partial charge is 0.0453 e. The van der Waals surface area contributed by atoms with Gasteiger partial charge in [0.25, 0.3) is 0 Å². The molecule has 4 heteroatoms. The highest BCUT2D eigenvalue weighted by Gasteiger charge is 2.12. The average Bonchev–Trinajstić information content (AvgIpc) is 2.35. The highest BCUT2D eigenvalue weighted by Crippen LogP contribution is 2.30. The number of anilines is 1. The van der Waals surface area contributed by atoms with Crippen LogP contribution in [0.2, 0.25) is 0 Å². The molecule has 2 rings (SSSR count). The molecule has 0 spiro atoms. The summed E-state index contributed by atoms with van der Waals surface area (Å²) in [5, 5.41) is 3.41. The van der Waals surface area contributed by atoms with Crippen molar-refractivity contribution in [3.05, 3.63) is 22.7 Å². The van der Waals surface area contributed by atoms with Crippen molar-refractivity contribution in [2.45, 2.75) is 24.2 Å². The zero-order valence-corrected chi connectivity index (χ0v) is 12.3. The van der Waals surface area contributed by atoms with E-state index >= 15 is 0 Å². The number of nitrogen functional groups attached to an aromatic ring is 1. The molecule has 0 bridgehead atoms. The first kappa shape index (κ1) is 13.2. The Morgan fingerprint density at radius 3 is 2.88 bits per heavy atom. The van der Waals surface area contributed by atoms with E-state index in [2.05, 4.69) is 27.3 Å². The molecule has 0 saturated carbocycles. The number of thioether (sulfide) groups is 1. The summed E-state index contributed by atoms with van der Waals surface area (Å²) in [4.78, 5) is 1.20. The number of rotatable bonds is 4. The van der Waals surface area contributed by atoms with Crippen LogP contribution in [0.1, 0.15) is 19.3 Å². The summed E-state index contributed by atoms with van der Waals surface area (Å²) in [6, 6.07) is 6.07. The van der Waals surface area contributed by atoms with Gasteiger partial charge in [-0.15, -0.1) is 11.8 Å². The summed E-state index contributed by atoms with van der Waals surface area (Å²) in [7, 11) is 0. The first-order valence-electron chi connectivity index (χ1n) is 6.14. The molecule has 2 nitrogen and oxygen atoms in total. The van der Waals surface area contributed by atoms with E-state index in [-0.39, 0.29) is 0 Å². The third kappa shape index (κ3) is 4.19. The Bertz CT molecular complexity index is 364. The van der Waals surface area contributed by atoms with Crippen molar-refractivity contribution in [3.63, 3.8) is 0 Å². The molecule has 0 aliphatic carbocycles. The van der Waals surface area contributed by atoms with Crippen molar-refractivity contribution < 1.29 is 0 Å². The van der Waals surface area contributed by atoms with E-state index in [1.54, 1.807) is 0 Å². The molecule has 1 aliphatic rings.